The van der Waals surface area contributed by atoms with Crippen molar-refractivity contribution in [1.82, 2.24) is 25.3 Å². The number of hydrogen-bond donors (Lipinski definition) is 2. The summed E-state index contributed by atoms with van der Waals surface area (Å²) in [5.74, 6) is 1.97. The predicted octanol–water partition coefficient (Wildman–Crippen LogP) is 5.62. The lowest BCUT2D eigenvalue weighted by Crippen LogP contribution is -2.54. The van der Waals surface area contributed by atoms with Crippen molar-refractivity contribution < 1.29 is 13.9 Å². The number of piperazine rings is 1. The summed E-state index contributed by atoms with van der Waals surface area (Å²) in [6, 6.07) is 20.3. The second-order valence-corrected chi connectivity index (χ2v) is 15.4. The number of alkyl halides is 1. The van der Waals surface area contributed by atoms with Crippen molar-refractivity contribution in [3.8, 4) is 11.8 Å². The number of piperidine rings is 1. The van der Waals surface area contributed by atoms with E-state index in [9.17, 15) is 9.18 Å². The van der Waals surface area contributed by atoms with E-state index in [1.54, 1.807) is 24.3 Å². The molecule has 3 aliphatic heterocycles. The maximum absolute atomic E-state index is 13.0. The van der Waals surface area contributed by atoms with Crippen LogP contribution in [0.2, 0.25) is 5.02 Å². The molecule has 0 radical (unpaired) electrons. The molecule has 1 aliphatic carbocycles. The Labute approximate surface area is 317 Å². The Morgan fingerprint density at radius 3 is 2.28 bits per heavy atom. The Balaban J connectivity index is 0.776. The van der Waals surface area contributed by atoms with E-state index in [1.807, 2.05) is 6.07 Å². The van der Waals surface area contributed by atoms with Gasteiger partial charge in [-0.1, -0.05) is 11.6 Å². The first-order valence-electron chi connectivity index (χ1n) is 19.3. The monoisotopic (exact) mass is 743 g/mol. The molecule has 0 spiro atoms. The Morgan fingerprint density at radius 2 is 1.62 bits per heavy atom. The number of carbonyl (C=O) groups excluding carboxylic acids is 1. The van der Waals surface area contributed by atoms with Crippen molar-refractivity contribution in [2.45, 2.75) is 63.1 Å². The van der Waals surface area contributed by atoms with Crippen LogP contribution in [0, 0.1) is 17.2 Å². The molecule has 282 valence electrons. The highest BCUT2D eigenvalue weighted by Crippen LogP contribution is 2.28. The predicted molar refractivity (Wildman–Crippen MR) is 207 cm³/mol. The van der Waals surface area contributed by atoms with Crippen LogP contribution in [0.3, 0.4) is 0 Å². The zero-order valence-electron chi connectivity index (χ0n) is 30.4. The van der Waals surface area contributed by atoms with E-state index in [1.165, 1.54) is 5.69 Å². The third-order valence-corrected chi connectivity index (χ3v) is 11.6. The van der Waals surface area contributed by atoms with Crippen LogP contribution in [0.15, 0.2) is 54.6 Å². The second-order valence-electron chi connectivity index (χ2n) is 15.0. The molecule has 53 heavy (non-hydrogen) atoms. The summed E-state index contributed by atoms with van der Waals surface area (Å²) in [5, 5.41) is 25.0. The zero-order chi connectivity index (χ0) is 36.6. The minimum absolute atomic E-state index is 0.0454. The summed E-state index contributed by atoms with van der Waals surface area (Å²) in [5.41, 5.74) is 3.22. The van der Waals surface area contributed by atoms with E-state index < -0.39 is 0 Å². The number of rotatable bonds is 13. The summed E-state index contributed by atoms with van der Waals surface area (Å²) in [6.45, 7) is 9.87. The van der Waals surface area contributed by atoms with Gasteiger partial charge < -0.3 is 25.2 Å². The summed E-state index contributed by atoms with van der Waals surface area (Å²) >= 11 is 6.15. The van der Waals surface area contributed by atoms with Gasteiger partial charge in [0.05, 0.1) is 29.4 Å². The average molecular weight is 744 g/mol. The third kappa shape index (κ3) is 9.88. The number of benzene rings is 2. The molecular weight excluding hydrogens is 693 g/mol. The highest BCUT2D eigenvalue weighted by atomic mass is 35.5. The summed E-state index contributed by atoms with van der Waals surface area (Å²) in [6.07, 6.45) is 6.18. The molecule has 0 bridgehead atoms. The molecule has 13 heteroatoms. The first-order valence-corrected chi connectivity index (χ1v) is 19.7. The molecule has 1 aromatic heterocycles. The molecule has 2 N–H and O–H groups in total. The fourth-order valence-corrected chi connectivity index (χ4v) is 8.29. The fourth-order valence-electron chi connectivity index (χ4n) is 8.08. The molecule has 7 rings (SSSR count). The van der Waals surface area contributed by atoms with Gasteiger partial charge in [0, 0.05) is 88.9 Å². The van der Waals surface area contributed by atoms with E-state index in [2.05, 4.69) is 70.8 Å². The highest BCUT2D eigenvalue weighted by Gasteiger charge is 2.28. The van der Waals surface area contributed by atoms with Crippen molar-refractivity contribution in [2.24, 2.45) is 5.92 Å². The molecule has 3 saturated heterocycles. The quantitative estimate of drug-likeness (QED) is 0.229. The van der Waals surface area contributed by atoms with Gasteiger partial charge in [-0.05, 0) is 99.4 Å². The number of carbonyl (C=O) groups is 1. The van der Waals surface area contributed by atoms with Crippen LogP contribution in [0.25, 0.3) is 0 Å². The highest BCUT2D eigenvalue weighted by molar-refractivity contribution is 6.31. The van der Waals surface area contributed by atoms with Gasteiger partial charge in [-0.15, -0.1) is 10.2 Å². The average Bonchev–Trinajstić information content (AvgIpc) is 3.17. The van der Waals surface area contributed by atoms with Crippen LogP contribution in [-0.4, -0.2) is 116 Å². The van der Waals surface area contributed by atoms with Gasteiger partial charge in [0.25, 0.3) is 5.91 Å². The molecule has 1 amide bonds. The molecule has 0 atom stereocenters. The number of aromatic nitrogens is 2. The molecule has 11 nitrogen and oxygen atoms in total. The molecular formula is C40H51ClFN9O2. The first kappa shape index (κ1) is 37.1. The molecule has 3 aromatic rings. The Bertz CT molecular complexity index is 1680. The van der Waals surface area contributed by atoms with Crippen LogP contribution in [0.5, 0.6) is 5.75 Å². The van der Waals surface area contributed by atoms with E-state index >= 15 is 0 Å². The van der Waals surface area contributed by atoms with Gasteiger partial charge in [0.2, 0.25) is 0 Å². The van der Waals surface area contributed by atoms with Gasteiger partial charge >= 0.3 is 0 Å². The maximum atomic E-state index is 13.0. The number of nitrogens with zero attached hydrogens (tertiary/aromatic N) is 7. The van der Waals surface area contributed by atoms with Crippen molar-refractivity contribution in [3.05, 3.63) is 70.9 Å². The van der Waals surface area contributed by atoms with Gasteiger partial charge in [-0.25, -0.2) is 0 Å². The lowest BCUT2D eigenvalue weighted by atomic mass is 9.93. The van der Waals surface area contributed by atoms with Crippen molar-refractivity contribution in [1.29, 1.82) is 5.26 Å². The molecule has 2 aromatic carbocycles. The van der Waals surface area contributed by atoms with Gasteiger partial charge in [-0.3, -0.25) is 19.0 Å². The van der Waals surface area contributed by atoms with E-state index in [4.69, 9.17) is 21.6 Å². The largest absolute Gasteiger partial charge is 0.490 e. The second kappa shape index (κ2) is 17.8. The Morgan fingerprint density at radius 1 is 0.868 bits per heavy atom. The Hall–Kier alpha value is -4.18. The van der Waals surface area contributed by atoms with Gasteiger partial charge in [0.1, 0.15) is 11.8 Å². The molecule has 1 saturated carbocycles. The number of anilines is 3. The van der Waals surface area contributed by atoms with Crippen molar-refractivity contribution >= 4 is 34.7 Å². The van der Waals surface area contributed by atoms with Crippen LogP contribution in [0.1, 0.15) is 61.0 Å². The smallest absolute Gasteiger partial charge is 0.272 e. The minimum atomic E-state index is -0.233. The van der Waals surface area contributed by atoms with Crippen LogP contribution in [-0.2, 0) is 0 Å². The minimum Gasteiger partial charge on any atom is -0.490 e. The molecule has 4 heterocycles. The number of nitrogens with one attached hydrogen (secondary N) is 2. The Kier molecular flexibility index (Phi) is 12.5. The van der Waals surface area contributed by atoms with E-state index in [0.29, 0.717) is 40.4 Å². The number of amides is 1. The van der Waals surface area contributed by atoms with E-state index in [0.717, 1.165) is 115 Å². The lowest BCUT2D eigenvalue weighted by molar-refractivity contribution is 0.0888. The van der Waals surface area contributed by atoms with Crippen LogP contribution in [0.4, 0.5) is 21.6 Å². The molecule has 4 aliphatic rings. The molecule has 0 unspecified atom stereocenters. The summed E-state index contributed by atoms with van der Waals surface area (Å²) in [4.78, 5) is 22.7. The fraction of sp³-hybridized carbons (Fsp3) is 0.550. The maximum Gasteiger partial charge on any atom is 0.272 e. The van der Waals surface area contributed by atoms with Crippen molar-refractivity contribution in [2.75, 3.05) is 87.2 Å². The normalized spacial score (nSPS) is 21.8. The number of halogens is 2. The topological polar surface area (TPSA) is 113 Å². The van der Waals surface area contributed by atoms with Gasteiger partial charge in [0.15, 0.2) is 11.5 Å². The number of ether oxygens (including phenoxy) is 1. The molecule has 4 fully saturated rings. The number of likely N-dealkylation sites (tertiary alicyclic amines) is 1. The van der Waals surface area contributed by atoms with Gasteiger partial charge in [-0.2, -0.15) is 5.26 Å². The number of hydrogen-bond acceptors (Lipinski definition) is 10. The summed E-state index contributed by atoms with van der Waals surface area (Å²) < 4.78 is 18.5. The number of nitriles is 1. The summed E-state index contributed by atoms with van der Waals surface area (Å²) in [7, 11) is 0. The third-order valence-electron chi connectivity index (χ3n) is 11.3. The van der Waals surface area contributed by atoms with Crippen LogP contribution >= 0.6 is 11.6 Å². The van der Waals surface area contributed by atoms with Crippen LogP contribution < -0.4 is 25.2 Å². The van der Waals surface area contributed by atoms with E-state index in [-0.39, 0.29) is 24.7 Å². The zero-order valence-corrected chi connectivity index (χ0v) is 31.2. The lowest BCUT2D eigenvalue weighted by Gasteiger charge is -2.40. The SMILES string of the molecule is N#Cc1ccc(OC2CCC(NC(=O)c3ccc(N4CCC(CN5CCN(c6ccc(NC7CN(CCCF)C7)cc6)CC5)CC4)nn3)CC2)cc1Cl. The van der Waals surface area contributed by atoms with Crippen molar-refractivity contribution in [3.63, 3.8) is 0 Å². The standard InChI is InChI=1S/C40H51ClFN9O2/c41-37-24-36(9-2-30(37)25-43)53-35-10-5-32(6-11-35)45-40(52)38-12-13-39(47-46-38)51-18-14-29(15-19-51)26-48-20-22-50(23-21-48)34-7-3-31(4-8-34)44-33-27-49(28-33)17-1-16-42/h2-4,7-9,12-13,24,29,32-33,35,44H,1,5-6,10-11,14-23,26-28H2,(H,45,52). The first-order chi connectivity index (χ1) is 25.9.